The van der Waals surface area contributed by atoms with Gasteiger partial charge in [0.05, 0.1) is 19.8 Å². The summed E-state index contributed by atoms with van der Waals surface area (Å²) in [4.78, 5) is 39.3. The Labute approximate surface area is 150 Å². The highest BCUT2D eigenvalue weighted by molar-refractivity contribution is 6.12. The molecule has 7 heteroatoms. The van der Waals surface area contributed by atoms with E-state index < -0.39 is 35.2 Å². The summed E-state index contributed by atoms with van der Waals surface area (Å²) in [6.45, 7) is 0. The summed E-state index contributed by atoms with van der Waals surface area (Å²) in [7, 11) is 2.40. The molecule has 2 atom stereocenters. The van der Waals surface area contributed by atoms with Crippen molar-refractivity contribution in [2.45, 2.75) is 37.6 Å². The zero-order valence-electron chi connectivity index (χ0n) is 14.7. The molecule has 2 aliphatic heterocycles. The average molecular weight is 360 g/mol. The van der Waals surface area contributed by atoms with Crippen LogP contribution in [-0.2, 0) is 23.8 Å². The maximum atomic E-state index is 13.3. The summed E-state index contributed by atoms with van der Waals surface area (Å²) >= 11 is 0. The van der Waals surface area contributed by atoms with Crippen molar-refractivity contribution in [1.29, 1.82) is 0 Å². The lowest BCUT2D eigenvalue weighted by atomic mass is 9.62. The van der Waals surface area contributed by atoms with Gasteiger partial charge in [0.15, 0.2) is 5.78 Å². The third kappa shape index (κ3) is 1.89. The molecule has 0 aromatic heterocycles. The quantitative estimate of drug-likeness (QED) is 0.588. The largest absolute Gasteiger partial charge is 0.468 e. The van der Waals surface area contributed by atoms with Crippen LogP contribution < -0.4 is 4.74 Å². The molecular formula is C19H20O7. The topological polar surface area (TPSA) is 88.1 Å². The number of esters is 2. The Hall–Kier alpha value is -2.41. The van der Waals surface area contributed by atoms with Crippen LogP contribution in [0.5, 0.6) is 5.75 Å². The summed E-state index contributed by atoms with van der Waals surface area (Å²) < 4.78 is 22.1. The molecule has 7 nitrogen and oxygen atoms in total. The summed E-state index contributed by atoms with van der Waals surface area (Å²) in [5.74, 6) is -2.74. The van der Waals surface area contributed by atoms with Gasteiger partial charge in [-0.25, -0.2) is 0 Å². The van der Waals surface area contributed by atoms with Crippen molar-refractivity contribution in [3.05, 3.63) is 29.8 Å². The van der Waals surface area contributed by atoms with Crippen molar-refractivity contribution in [2.75, 3.05) is 14.2 Å². The predicted octanol–water partition coefficient (Wildman–Crippen LogP) is 1.88. The van der Waals surface area contributed by atoms with Crippen LogP contribution in [0, 0.1) is 11.3 Å². The van der Waals surface area contributed by atoms with Gasteiger partial charge in [-0.2, -0.15) is 0 Å². The Morgan fingerprint density at radius 1 is 1.08 bits per heavy atom. The average Bonchev–Trinajstić information content (AvgIpc) is 3.24. The van der Waals surface area contributed by atoms with Gasteiger partial charge < -0.3 is 18.9 Å². The van der Waals surface area contributed by atoms with E-state index in [0.717, 1.165) is 12.8 Å². The van der Waals surface area contributed by atoms with Gasteiger partial charge in [-0.1, -0.05) is 25.0 Å². The van der Waals surface area contributed by atoms with Crippen LogP contribution >= 0.6 is 0 Å². The molecule has 1 aromatic rings. The van der Waals surface area contributed by atoms with Crippen LogP contribution in [0.15, 0.2) is 24.3 Å². The van der Waals surface area contributed by atoms with Gasteiger partial charge in [0.25, 0.3) is 0 Å². The second kappa shape index (κ2) is 5.81. The monoisotopic (exact) mass is 360 g/mol. The number of methoxy groups -OCH3 is 2. The molecule has 1 aromatic carbocycles. The molecule has 138 valence electrons. The van der Waals surface area contributed by atoms with Gasteiger partial charge in [0.1, 0.15) is 17.3 Å². The van der Waals surface area contributed by atoms with Crippen molar-refractivity contribution in [3.63, 3.8) is 0 Å². The van der Waals surface area contributed by atoms with E-state index in [2.05, 4.69) is 0 Å². The highest BCUT2D eigenvalue weighted by Crippen LogP contribution is 2.61. The predicted molar refractivity (Wildman–Crippen MR) is 87.4 cm³/mol. The Bertz CT molecular complexity index is 762. The highest BCUT2D eigenvalue weighted by Gasteiger charge is 2.78. The molecule has 2 heterocycles. The highest BCUT2D eigenvalue weighted by atomic mass is 16.7. The SMILES string of the molecule is COC(=O)C1(C(=O)OC)[C@@H]2C(=O)c3ccccc3O[C@H]2OC12CCCC2. The number of carbonyl (C=O) groups excluding carboxylic acids is 3. The molecule has 0 amide bonds. The lowest BCUT2D eigenvalue weighted by Gasteiger charge is -2.39. The minimum absolute atomic E-state index is 0.324. The standard InChI is InChI=1S/C19H20O7/c1-23-16(21)19(17(22)24-2)13-14(20)11-7-3-4-8-12(11)25-15(13)26-18(19)9-5-6-10-18/h3-4,7-8,13,15H,5-6,9-10H2,1-2H3/t13-,15+/m1/s1. The van der Waals surface area contributed by atoms with E-state index in [-0.39, 0.29) is 5.78 Å². The van der Waals surface area contributed by atoms with E-state index >= 15 is 0 Å². The van der Waals surface area contributed by atoms with Crippen molar-refractivity contribution in [1.82, 2.24) is 0 Å². The molecule has 0 bridgehead atoms. The Kier molecular flexibility index (Phi) is 3.80. The first-order valence-corrected chi connectivity index (χ1v) is 8.66. The summed E-state index contributed by atoms with van der Waals surface area (Å²) in [5.41, 5.74) is -2.72. The smallest absolute Gasteiger partial charge is 0.327 e. The fourth-order valence-corrected chi connectivity index (χ4v) is 4.84. The van der Waals surface area contributed by atoms with Crippen molar-refractivity contribution < 1.29 is 33.3 Å². The number of para-hydroxylation sites is 1. The second-order valence-corrected chi connectivity index (χ2v) is 6.93. The third-order valence-corrected chi connectivity index (χ3v) is 5.90. The number of ether oxygens (including phenoxy) is 4. The van der Waals surface area contributed by atoms with Gasteiger partial charge in [-0.15, -0.1) is 0 Å². The van der Waals surface area contributed by atoms with Crippen LogP contribution in [0.4, 0.5) is 0 Å². The van der Waals surface area contributed by atoms with Crippen LogP contribution in [0.25, 0.3) is 0 Å². The zero-order chi connectivity index (χ0) is 18.5. The van der Waals surface area contributed by atoms with E-state index in [0.29, 0.717) is 24.2 Å². The fourth-order valence-electron chi connectivity index (χ4n) is 4.84. The minimum atomic E-state index is -1.87. The van der Waals surface area contributed by atoms with E-state index in [4.69, 9.17) is 18.9 Å². The number of ketones is 1. The maximum Gasteiger partial charge on any atom is 0.327 e. The fraction of sp³-hybridized carbons (Fsp3) is 0.526. The van der Waals surface area contributed by atoms with E-state index in [9.17, 15) is 14.4 Å². The van der Waals surface area contributed by atoms with Gasteiger partial charge in [0, 0.05) is 0 Å². The molecule has 1 saturated carbocycles. The van der Waals surface area contributed by atoms with Crippen molar-refractivity contribution in [2.24, 2.45) is 11.3 Å². The summed E-state index contributed by atoms with van der Waals surface area (Å²) in [6, 6.07) is 6.75. The second-order valence-electron chi connectivity index (χ2n) is 6.93. The van der Waals surface area contributed by atoms with Crippen LogP contribution in [0.1, 0.15) is 36.0 Å². The lowest BCUT2D eigenvalue weighted by Crippen LogP contribution is -2.60. The van der Waals surface area contributed by atoms with Gasteiger partial charge >= 0.3 is 11.9 Å². The number of fused-ring (bicyclic) bond motifs is 2. The first-order chi connectivity index (χ1) is 12.5. The molecule has 1 aliphatic carbocycles. The molecule has 1 spiro atoms. The normalized spacial score (nSPS) is 27.4. The molecular weight excluding hydrogens is 340 g/mol. The van der Waals surface area contributed by atoms with Gasteiger partial charge in [-0.05, 0) is 25.0 Å². The lowest BCUT2D eigenvalue weighted by molar-refractivity contribution is -0.187. The van der Waals surface area contributed by atoms with Crippen molar-refractivity contribution >= 4 is 17.7 Å². The number of benzene rings is 1. The molecule has 1 saturated heterocycles. The number of hydrogen-bond acceptors (Lipinski definition) is 7. The Morgan fingerprint density at radius 3 is 2.31 bits per heavy atom. The van der Waals surface area contributed by atoms with E-state index in [1.807, 2.05) is 0 Å². The van der Waals surface area contributed by atoms with E-state index in [1.165, 1.54) is 14.2 Å². The van der Waals surface area contributed by atoms with Gasteiger partial charge in [-0.3, -0.25) is 14.4 Å². The molecule has 4 rings (SSSR count). The van der Waals surface area contributed by atoms with Crippen molar-refractivity contribution in [3.8, 4) is 5.75 Å². The van der Waals surface area contributed by atoms with Crippen LogP contribution in [-0.4, -0.2) is 43.8 Å². The number of Topliss-reactive ketones (excluding diaryl/α,β-unsaturated/α-hetero) is 1. The number of hydrogen-bond donors (Lipinski definition) is 0. The molecule has 26 heavy (non-hydrogen) atoms. The maximum absolute atomic E-state index is 13.3. The van der Waals surface area contributed by atoms with Gasteiger partial charge in [0.2, 0.25) is 11.7 Å². The minimum Gasteiger partial charge on any atom is -0.468 e. The third-order valence-electron chi connectivity index (χ3n) is 5.90. The Morgan fingerprint density at radius 2 is 1.69 bits per heavy atom. The number of carbonyl (C=O) groups is 3. The molecule has 0 N–H and O–H groups in total. The Balaban J connectivity index is 1.95. The summed E-state index contributed by atoms with van der Waals surface area (Å²) in [6.07, 6.45) is 1.43. The molecule has 0 unspecified atom stereocenters. The summed E-state index contributed by atoms with van der Waals surface area (Å²) in [5, 5.41) is 0. The first kappa shape index (κ1) is 17.0. The first-order valence-electron chi connectivity index (χ1n) is 8.66. The number of rotatable bonds is 2. The molecule has 2 fully saturated rings. The van der Waals surface area contributed by atoms with E-state index in [1.54, 1.807) is 24.3 Å². The zero-order valence-corrected chi connectivity index (χ0v) is 14.7. The molecule has 0 radical (unpaired) electrons. The van der Waals surface area contributed by atoms with Crippen LogP contribution in [0.3, 0.4) is 0 Å². The van der Waals surface area contributed by atoms with Crippen LogP contribution in [0.2, 0.25) is 0 Å². The molecule has 3 aliphatic rings.